The lowest BCUT2D eigenvalue weighted by Gasteiger charge is -2.08. The van der Waals surface area contributed by atoms with Gasteiger partial charge in [0.1, 0.15) is 6.04 Å². The van der Waals surface area contributed by atoms with E-state index in [4.69, 9.17) is 10.5 Å². The molecule has 0 aliphatic carbocycles. The zero-order valence-electron chi connectivity index (χ0n) is 8.43. The molecule has 0 spiro atoms. The molecule has 0 saturated heterocycles. The van der Waals surface area contributed by atoms with Crippen molar-refractivity contribution < 1.29 is 14.3 Å². The van der Waals surface area contributed by atoms with Crippen molar-refractivity contribution in [1.82, 2.24) is 0 Å². The van der Waals surface area contributed by atoms with E-state index < -0.39 is 12.0 Å². The molecule has 0 aromatic carbocycles. The molecule has 0 fully saturated rings. The fraction of sp³-hybridized carbons (Fsp3) is 0.400. The molecule has 0 bridgehead atoms. The van der Waals surface area contributed by atoms with E-state index in [0.717, 1.165) is 0 Å². The maximum Gasteiger partial charge on any atom is 0.323 e. The van der Waals surface area contributed by atoms with Crippen LogP contribution in [0.3, 0.4) is 0 Å². The first-order chi connectivity index (χ1) is 7.15. The Bertz CT molecular complexity index is 334. The number of carbonyl (C=O) groups excluding carboxylic acids is 2. The van der Waals surface area contributed by atoms with Crippen LogP contribution < -0.4 is 5.73 Å². The van der Waals surface area contributed by atoms with Crippen LogP contribution in [0, 0.1) is 0 Å². The minimum absolute atomic E-state index is 0.000648. The summed E-state index contributed by atoms with van der Waals surface area (Å²) < 4.78 is 4.71. The number of nitrogens with two attached hydrogens (primary N) is 1. The summed E-state index contributed by atoms with van der Waals surface area (Å²) in [6, 6.07) is 2.64. The van der Waals surface area contributed by atoms with Crippen LogP contribution in [0.5, 0.6) is 0 Å². The molecule has 1 unspecified atom stereocenters. The monoisotopic (exact) mass is 227 g/mol. The lowest BCUT2D eigenvalue weighted by molar-refractivity contribution is -0.144. The molecule has 5 heteroatoms. The van der Waals surface area contributed by atoms with Crippen molar-refractivity contribution in [2.24, 2.45) is 5.73 Å². The van der Waals surface area contributed by atoms with E-state index in [0.29, 0.717) is 4.88 Å². The van der Waals surface area contributed by atoms with Gasteiger partial charge in [-0.2, -0.15) is 0 Å². The van der Waals surface area contributed by atoms with Gasteiger partial charge in [-0.05, 0) is 18.4 Å². The van der Waals surface area contributed by atoms with Gasteiger partial charge in [0.15, 0.2) is 5.78 Å². The molecule has 1 aromatic rings. The number of ketones is 1. The lowest BCUT2D eigenvalue weighted by atomic mass is 10.1. The molecule has 15 heavy (non-hydrogen) atoms. The Kier molecular flexibility index (Phi) is 4.45. The topological polar surface area (TPSA) is 69.4 Å². The van der Waals surface area contributed by atoms with Crippen LogP contribution in [0.25, 0.3) is 0 Å². The Morgan fingerprint density at radius 2 is 2.33 bits per heavy atom. The van der Waals surface area contributed by atoms with Crippen molar-refractivity contribution in [3.8, 4) is 0 Å². The van der Waals surface area contributed by atoms with E-state index >= 15 is 0 Å². The van der Waals surface area contributed by atoms with E-state index in [9.17, 15) is 9.59 Å². The number of carbonyl (C=O) groups is 2. The summed E-state index contributed by atoms with van der Waals surface area (Å²) in [4.78, 5) is 23.3. The summed E-state index contributed by atoms with van der Waals surface area (Å²) in [6.45, 7) is 1.98. The third-order valence-corrected chi connectivity index (χ3v) is 2.70. The van der Waals surface area contributed by atoms with Gasteiger partial charge < -0.3 is 10.5 Å². The van der Waals surface area contributed by atoms with Crippen molar-refractivity contribution >= 4 is 23.1 Å². The minimum atomic E-state index is -0.862. The molecular weight excluding hydrogens is 214 g/mol. The Labute approximate surface area is 92.0 Å². The van der Waals surface area contributed by atoms with E-state index in [2.05, 4.69) is 0 Å². The minimum Gasteiger partial charge on any atom is -0.465 e. The normalized spacial score (nSPS) is 12.1. The molecule has 1 atom stereocenters. The molecule has 1 heterocycles. The van der Waals surface area contributed by atoms with Crippen LogP contribution in [-0.2, 0) is 9.53 Å². The highest BCUT2D eigenvalue weighted by molar-refractivity contribution is 7.12. The summed E-state index contributed by atoms with van der Waals surface area (Å²) in [5, 5.41) is 1.81. The van der Waals surface area contributed by atoms with Crippen LogP contribution in [0.15, 0.2) is 17.5 Å². The zero-order valence-corrected chi connectivity index (χ0v) is 9.25. The van der Waals surface area contributed by atoms with Gasteiger partial charge in [0, 0.05) is 6.42 Å². The van der Waals surface area contributed by atoms with Crippen molar-refractivity contribution in [3.05, 3.63) is 22.4 Å². The van der Waals surface area contributed by atoms with Crippen LogP contribution in [0.2, 0.25) is 0 Å². The number of hydrogen-bond donors (Lipinski definition) is 1. The molecule has 4 nitrogen and oxygen atoms in total. The third kappa shape index (κ3) is 3.45. The number of rotatable bonds is 5. The number of Topliss-reactive ketones (excluding diaryl/α,β-unsaturated/α-hetero) is 1. The highest BCUT2D eigenvalue weighted by Crippen LogP contribution is 2.12. The molecule has 0 aliphatic heterocycles. The van der Waals surface area contributed by atoms with E-state index in [1.807, 2.05) is 5.38 Å². The molecule has 1 rings (SSSR count). The number of ether oxygens (including phenoxy) is 1. The molecule has 0 saturated carbocycles. The van der Waals surface area contributed by atoms with E-state index in [1.165, 1.54) is 11.3 Å². The van der Waals surface area contributed by atoms with Gasteiger partial charge in [0.2, 0.25) is 0 Å². The quantitative estimate of drug-likeness (QED) is 0.606. The van der Waals surface area contributed by atoms with Gasteiger partial charge in [-0.15, -0.1) is 11.3 Å². The zero-order chi connectivity index (χ0) is 11.3. The summed E-state index contributed by atoms with van der Waals surface area (Å²) >= 11 is 1.34. The summed E-state index contributed by atoms with van der Waals surface area (Å²) in [5.41, 5.74) is 5.52. The maximum absolute atomic E-state index is 11.5. The van der Waals surface area contributed by atoms with E-state index in [-0.39, 0.29) is 18.8 Å². The Morgan fingerprint density at radius 3 is 2.87 bits per heavy atom. The molecule has 82 valence electrons. The van der Waals surface area contributed by atoms with Crippen molar-refractivity contribution in [3.63, 3.8) is 0 Å². The van der Waals surface area contributed by atoms with Gasteiger partial charge in [-0.25, -0.2) is 0 Å². The smallest absolute Gasteiger partial charge is 0.323 e. The number of thiophene rings is 1. The first kappa shape index (κ1) is 11.9. The summed E-state index contributed by atoms with van der Waals surface area (Å²) in [6.07, 6.45) is -0.000648. The van der Waals surface area contributed by atoms with E-state index in [1.54, 1.807) is 19.1 Å². The van der Waals surface area contributed by atoms with Gasteiger partial charge in [0.05, 0.1) is 11.5 Å². The second-order valence-corrected chi connectivity index (χ2v) is 3.91. The Hall–Kier alpha value is -1.20. The molecule has 0 aliphatic rings. The lowest BCUT2D eigenvalue weighted by Crippen LogP contribution is -2.34. The van der Waals surface area contributed by atoms with Gasteiger partial charge >= 0.3 is 5.97 Å². The van der Waals surface area contributed by atoms with Crippen LogP contribution in [0.1, 0.15) is 23.0 Å². The van der Waals surface area contributed by atoms with Gasteiger partial charge in [-0.3, -0.25) is 9.59 Å². The molecule has 0 amide bonds. The van der Waals surface area contributed by atoms with Crippen molar-refractivity contribution in [1.29, 1.82) is 0 Å². The SMILES string of the molecule is CCOC(=O)C(N)CC(=O)c1cccs1. The Balaban J connectivity index is 2.48. The molecule has 0 radical (unpaired) electrons. The van der Waals surface area contributed by atoms with Gasteiger partial charge in [-0.1, -0.05) is 6.07 Å². The fourth-order valence-corrected chi connectivity index (χ4v) is 1.75. The maximum atomic E-state index is 11.5. The Morgan fingerprint density at radius 1 is 1.60 bits per heavy atom. The number of hydrogen-bond acceptors (Lipinski definition) is 5. The highest BCUT2D eigenvalue weighted by Gasteiger charge is 2.19. The predicted molar refractivity (Wildman–Crippen MR) is 57.9 cm³/mol. The molecular formula is C10H13NO3S. The predicted octanol–water partition coefficient (Wildman–Crippen LogP) is 1.21. The molecule has 2 N–H and O–H groups in total. The summed E-state index contributed by atoms with van der Waals surface area (Å²) in [5.74, 6) is -0.645. The van der Waals surface area contributed by atoms with Gasteiger partial charge in [0.25, 0.3) is 0 Å². The number of esters is 1. The second kappa shape index (κ2) is 5.63. The van der Waals surface area contributed by atoms with Crippen LogP contribution in [-0.4, -0.2) is 24.4 Å². The average molecular weight is 227 g/mol. The molecule has 1 aromatic heterocycles. The largest absolute Gasteiger partial charge is 0.465 e. The van der Waals surface area contributed by atoms with Crippen LogP contribution in [0.4, 0.5) is 0 Å². The first-order valence-corrected chi connectivity index (χ1v) is 5.52. The fourth-order valence-electron chi connectivity index (χ4n) is 1.07. The highest BCUT2D eigenvalue weighted by atomic mass is 32.1. The first-order valence-electron chi connectivity index (χ1n) is 4.64. The van der Waals surface area contributed by atoms with Crippen molar-refractivity contribution in [2.75, 3.05) is 6.61 Å². The average Bonchev–Trinajstić information content (AvgIpc) is 2.70. The second-order valence-electron chi connectivity index (χ2n) is 2.96. The summed E-state index contributed by atoms with van der Waals surface area (Å²) in [7, 11) is 0. The van der Waals surface area contributed by atoms with Crippen LogP contribution >= 0.6 is 11.3 Å². The van der Waals surface area contributed by atoms with Crippen molar-refractivity contribution in [2.45, 2.75) is 19.4 Å². The standard InChI is InChI=1S/C10H13NO3S/c1-2-14-10(13)7(11)6-8(12)9-4-3-5-15-9/h3-5,7H,2,6,11H2,1H3. The third-order valence-electron chi connectivity index (χ3n) is 1.79.